The number of nitrogens with two attached hydrogens (primary N) is 1. The maximum Gasteiger partial charge on any atom is 0.351 e. The summed E-state index contributed by atoms with van der Waals surface area (Å²) in [5.74, 6) is -1.51. The normalized spacial score (nSPS) is 31.0. The van der Waals surface area contributed by atoms with Crippen molar-refractivity contribution in [3.8, 4) is 0 Å². The first-order valence-corrected chi connectivity index (χ1v) is 7.52. The Kier molecular flexibility index (Phi) is 4.82. The van der Waals surface area contributed by atoms with E-state index in [0.717, 1.165) is 18.4 Å². The number of aliphatic hydroxyl groups is 2. The first-order valence-electron chi connectivity index (χ1n) is 7.08. The van der Waals surface area contributed by atoms with Crippen LogP contribution in [0.2, 0.25) is 0 Å². The van der Waals surface area contributed by atoms with Gasteiger partial charge in [-0.3, -0.25) is 14.2 Å². The number of hydrogen-bond donors (Lipinski definition) is 3. The minimum atomic E-state index is -2.36. The van der Waals surface area contributed by atoms with Gasteiger partial charge in [-0.25, -0.2) is 4.79 Å². The molecule has 9 nitrogen and oxygen atoms in total. The number of alkyl halides is 1. The molecule has 2 heterocycles. The van der Waals surface area contributed by atoms with Gasteiger partial charge in [-0.2, -0.15) is 4.98 Å². The van der Waals surface area contributed by atoms with Crippen LogP contribution >= 0.6 is 11.6 Å². The number of anilines is 1. The maximum absolute atomic E-state index is 12.1. The number of rotatable bonds is 4. The van der Waals surface area contributed by atoms with Gasteiger partial charge in [0.2, 0.25) is 0 Å². The van der Waals surface area contributed by atoms with Gasteiger partial charge >= 0.3 is 5.69 Å². The molecule has 24 heavy (non-hydrogen) atoms. The quantitative estimate of drug-likeness (QED) is 0.575. The van der Waals surface area contributed by atoms with E-state index >= 15 is 0 Å². The van der Waals surface area contributed by atoms with Crippen molar-refractivity contribution in [3.63, 3.8) is 0 Å². The van der Waals surface area contributed by atoms with Crippen LogP contribution in [-0.2, 0) is 14.3 Å². The summed E-state index contributed by atoms with van der Waals surface area (Å²) in [6.45, 7) is 3.72. The number of aliphatic hydroxyl groups excluding tert-OH is 1. The second-order valence-corrected chi connectivity index (χ2v) is 6.26. The van der Waals surface area contributed by atoms with Gasteiger partial charge in [-0.05, 0) is 20.8 Å². The molecule has 0 amide bonds. The number of aromatic nitrogens is 2. The zero-order valence-corrected chi connectivity index (χ0v) is 14.0. The number of hydrogen-bond acceptors (Lipinski definition) is 8. The molecule has 1 aliphatic rings. The van der Waals surface area contributed by atoms with E-state index in [1.807, 2.05) is 0 Å². The van der Waals surface area contributed by atoms with Crippen molar-refractivity contribution >= 4 is 29.0 Å². The summed E-state index contributed by atoms with van der Waals surface area (Å²) in [5, 5.41) is 19.2. The van der Waals surface area contributed by atoms with Crippen LogP contribution in [0.3, 0.4) is 0 Å². The Morgan fingerprint density at radius 1 is 1.50 bits per heavy atom. The molecule has 0 saturated carbocycles. The van der Waals surface area contributed by atoms with Gasteiger partial charge in [0.15, 0.2) is 23.4 Å². The number of Topliss-reactive ketones (excluding diaryl/α,β-unsaturated/α-hetero) is 2. The topological polar surface area (TPSA) is 145 Å². The molecule has 0 spiro atoms. The van der Waals surface area contributed by atoms with E-state index in [1.54, 1.807) is 6.92 Å². The van der Waals surface area contributed by atoms with Crippen LogP contribution in [0.15, 0.2) is 11.0 Å². The second kappa shape index (κ2) is 6.25. The number of carbonyl (C=O) groups is 2. The lowest BCUT2D eigenvalue weighted by Gasteiger charge is -2.29. The fraction of sp³-hybridized carbons (Fsp3) is 0.571. The Balaban J connectivity index is 2.55. The highest BCUT2D eigenvalue weighted by Gasteiger charge is 2.62. The van der Waals surface area contributed by atoms with Gasteiger partial charge in [-0.15, -0.1) is 11.6 Å². The molecule has 1 unspecified atom stereocenters. The molecular weight excluding hydrogens is 342 g/mol. The van der Waals surface area contributed by atoms with Crippen LogP contribution in [0.25, 0.3) is 0 Å². The van der Waals surface area contributed by atoms with E-state index < -0.39 is 46.7 Å². The molecule has 0 aromatic carbocycles. The predicted octanol–water partition coefficient (Wildman–Crippen LogP) is -1.09. The minimum absolute atomic E-state index is 0.0162. The first kappa shape index (κ1) is 18.5. The number of nitrogen functional groups attached to an aromatic ring is 1. The highest BCUT2D eigenvalue weighted by Crippen LogP contribution is 2.42. The lowest BCUT2D eigenvalue weighted by molar-refractivity contribution is -0.158. The van der Waals surface area contributed by atoms with E-state index in [2.05, 4.69) is 4.98 Å². The minimum Gasteiger partial charge on any atom is -0.383 e. The lowest BCUT2D eigenvalue weighted by Crippen LogP contribution is -2.56. The van der Waals surface area contributed by atoms with Gasteiger partial charge in [0.1, 0.15) is 23.4 Å². The molecule has 0 bridgehead atoms. The predicted molar refractivity (Wildman–Crippen MR) is 83.5 cm³/mol. The van der Waals surface area contributed by atoms with Crippen molar-refractivity contribution in [2.24, 2.45) is 0 Å². The Morgan fingerprint density at radius 2 is 2.08 bits per heavy atom. The maximum atomic E-state index is 12.1. The number of halogens is 1. The van der Waals surface area contributed by atoms with Crippen LogP contribution in [0.4, 0.5) is 5.82 Å². The van der Waals surface area contributed by atoms with Crippen molar-refractivity contribution in [1.82, 2.24) is 9.55 Å². The summed E-state index contributed by atoms with van der Waals surface area (Å²) in [4.78, 5) is 39.1. The SMILES string of the molecule is CC(=O)C(O)[C@H]1O[C@@H](n2cc(C)c(N)nc2=O)[C@H](Cl)[C@@]1(O)C(C)=O. The average Bonchev–Trinajstić information content (AvgIpc) is 2.76. The van der Waals surface area contributed by atoms with Crippen molar-refractivity contribution < 1.29 is 24.5 Å². The third-order valence-corrected chi connectivity index (χ3v) is 4.65. The Morgan fingerprint density at radius 3 is 2.58 bits per heavy atom. The molecule has 1 saturated heterocycles. The highest BCUT2D eigenvalue weighted by molar-refractivity contribution is 6.24. The monoisotopic (exact) mass is 359 g/mol. The highest BCUT2D eigenvalue weighted by atomic mass is 35.5. The first-order chi connectivity index (χ1) is 11.0. The van der Waals surface area contributed by atoms with Gasteiger partial charge in [-0.1, -0.05) is 0 Å². The van der Waals surface area contributed by atoms with Crippen molar-refractivity contribution in [3.05, 3.63) is 22.2 Å². The standard InChI is InChI=1S/C14H18ClN3O6/c1-5-4-18(13(22)17-11(5)16)12-9(15)14(23,7(3)20)10(24-12)8(21)6(2)19/h4,8-10,12,21,23H,1-3H3,(H2,16,17,22)/t8?,9-,10+,12+,14-/m0/s1. The molecule has 5 atom stereocenters. The molecular formula is C14H18ClN3O6. The van der Waals surface area contributed by atoms with E-state index in [4.69, 9.17) is 22.1 Å². The summed E-state index contributed by atoms with van der Waals surface area (Å²) in [7, 11) is 0. The zero-order valence-electron chi connectivity index (χ0n) is 13.3. The van der Waals surface area contributed by atoms with Crippen molar-refractivity contribution in [1.29, 1.82) is 0 Å². The van der Waals surface area contributed by atoms with E-state index in [9.17, 15) is 24.6 Å². The number of ether oxygens (including phenoxy) is 1. The Bertz CT molecular complexity index is 751. The van der Waals surface area contributed by atoms with Crippen molar-refractivity contribution in [2.45, 2.75) is 50.2 Å². The summed E-state index contributed by atoms with van der Waals surface area (Å²) in [6, 6.07) is 0. The largest absolute Gasteiger partial charge is 0.383 e. The molecule has 0 radical (unpaired) electrons. The van der Waals surface area contributed by atoms with Crippen LogP contribution in [0.1, 0.15) is 25.6 Å². The number of aryl methyl sites for hydroxylation is 1. The van der Waals surface area contributed by atoms with Crippen molar-refractivity contribution in [2.75, 3.05) is 5.73 Å². The van der Waals surface area contributed by atoms with Gasteiger partial charge in [0, 0.05) is 11.8 Å². The van der Waals surface area contributed by atoms with E-state index in [1.165, 1.54) is 6.20 Å². The van der Waals surface area contributed by atoms with Crippen LogP contribution < -0.4 is 11.4 Å². The molecule has 10 heteroatoms. The fourth-order valence-electron chi connectivity index (χ4n) is 2.59. The summed E-state index contributed by atoms with van der Waals surface area (Å²) in [5.41, 5.74) is 2.84. The number of nitrogens with zero attached hydrogens (tertiary/aromatic N) is 2. The number of ketones is 2. The molecule has 1 fully saturated rings. The van der Waals surface area contributed by atoms with Gasteiger partial charge < -0.3 is 20.7 Å². The third kappa shape index (κ3) is 2.73. The molecule has 1 aromatic heterocycles. The zero-order chi connectivity index (χ0) is 18.4. The fourth-order valence-corrected chi connectivity index (χ4v) is 3.05. The molecule has 1 aliphatic heterocycles. The molecule has 0 aliphatic carbocycles. The Labute approximate surface area is 142 Å². The molecule has 2 rings (SSSR count). The van der Waals surface area contributed by atoms with E-state index in [-0.39, 0.29) is 5.82 Å². The lowest BCUT2D eigenvalue weighted by atomic mass is 9.86. The third-order valence-electron chi connectivity index (χ3n) is 4.11. The summed E-state index contributed by atoms with van der Waals surface area (Å²) >= 11 is 6.19. The van der Waals surface area contributed by atoms with E-state index in [0.29, 0.717) is 5.56 Å². The molecule has 1 aromatic rings. The van der Waals surface area contributed by atoms with Gasteiger partial charge in [0.05, 0.1) is 0 Å². The van der Waals surface area contributed by atoms with Crippen LogP contribution in [-0.4, -0.2) is 54.5 Å². The average molecular weight is 360 g/mol. The number of carbonyl (C=O) groups excluding carboxylic acids is 2. The smallest absolute Gasteiger partial charge is 0.351 e. The van der Waals surface area contributed by atoms with Gasteiger partial charge in [0.25, 0.3) is 0 Å². The molecule has 132 valence electrons. The molecule has 4 N–H and O–H groups in total. The van der Waals surface area contributed by atoms with Crippen LogP contribution in [0, 0.1) is 6.92 Å². The summed E-state index contributed by atoms with van der Waals surface area (Å²) < 4.78 is 6.41. The Hall–Kier alpha value is -1.81. The second-order valence-electron chi connectivity index (χ2n) is 5.79. The summed E-state index contributed by atoms with van der Waals surface area (Å²) in [6.07, 6.45) is -3.42. The van der Waals surface area contributed by atoms with Crippen LogP contribution in [0.5, 0.6) is 0 Å².